The third-order valence-corrected chi connectivity index (χ3v) is 10.4. The Morgan fingerprint density at radius 2 is 1.69 bits per heavy atom. The third-order valence-electron chi connectivity index (χ3n) is 10.4. The number of ketones is 1. The van der Waals surface area contributed by atoms with Crippen molar-refractivity contribution in [3.05, 3.63) is 47.5 Å². The number of esters is 2. The Morgan fingerprint density at radius 1 is 1.06 bits per heavy atom. The molecule has 0 aliphatic carbocycles. The van der Waals surface area contributed by atoms with Gasteiger partial charge < -0.3 is 38.8 Å². The van der Waals surface area contributed by atoms with Crippen LogP contribution in [0, 0.1) is 17.8 Å². The van der Waals surface area contributed by atoms with Gasteiger partial charge >= 0.3 is 11.9 Å². The van der Waals surface area contributed by atoms with Crippen LogP contribution in [0.3, 0.4) is 0 Å². The molecule has 1 aromatic rings. The third kappa shape index (κ3) is 9.56. The van der Waals surface area contributed by atoms with Gasteiger partial charge in [0.25, 0.3) is 0 Å². The van der Waals surface area contributed by atoms with E-state index in [0.29, 0.717) is 24.0 Å². The number of Topliss-reactive ketones (excluding diaryl/α,β-unsaturated/α-hetero) is 1. The van der Waals surface area contributed by atoms with Crippen LogP contribution in [-0.4, -0.2) is 108 Å². The molecule has 0 aromatic heterocycles. The van der Waals surface area contributed by atoms with Crippen LogP contribution >= 0.6 is 0 Å². The number of cyclic esters (lactones) is 1. The van der Waals surface area contributed by atoms with Crippen molar-refractivity contribution in [2.24, 2.45) is 17.8 Å². The lowest BCUT2D eigenvalue weighted by atomic mass is 9.76. The first kappa shape index (κ1) is 40.8. The molecule has 0 radical (unpaired) electrons. The first-order valence-corrected chi connectivity index (χ1v) is 17.6. The van der Waals surface area contributed by atoms with E-state index >= 15 is 0 Å². The number of carbonyl (C=O) groups is 3. The Kier molecular flexibility index (Phi) is 14.2. The summed E-state index contributed by atoms with van der Waals surface area (Å²) >= 11 is 0. The van der Waals surface area contributed by atoms with E-state index in [1.54, 1.807) is 58.9 Å². The zero-order chi connectivity index (χ0) is 36.8. The number of likely N-dealkylation sites (N-methyl/N-ethyl adjacent to an activating group) is 1. The highest BCUT2D eigenvalue weighted by molar-refractivity contribution is 5.97. The summed E-state index contributed by atoms with van der Waals surface area (Å²) in [5.41, 5.74) is -2.04. The molecule has 2 heterocycles. The van der Waals surface area contributed by atoms with Crippen LogP contribution < -0.4 is 0 Å². The highest BCUT2D eigenvalue weighted by atomic mass is 16.7. The summed E-state index contributed by atoms with van der Waals surface area (Å²) in [7, 11) is 5.31. The van der Waals surface area contributed by atoms with Crippen LogP contribution in [0.25, 0.3) is 0 Å². The summed E-state index contributed by atoms with van der Waals surface area (Å²) in [6.07, 6.45) is -2.57. The van der Waals surface area contributed by atoms with E-state index in [9.17, 15) is 24.6 Å². The average Bonchev–Trinajstić information content (AvgIpc) is 3.07. The normalized spacial score (nSPS) is 38.4. The lowest BCUT2D eigenvalue weighted by molar-refractivity contribution is -0.300. The summed E-state index contributed by atoms with van der Waals surface area (Å²) in [4.78, 5) is 42.8. The summed E-state index contributed by atoms with van der Waals surface area (Å²) in [5, 5.41) is 23.2. The van der Waals surface area contributed by atoms with E-state index in [1.807, 2.05) is 38.9 Å². The average molecular weight is 690 g/mol. The smallest absolute Gasteiger partial charge is 0.338 e. The molecule has 1 saturated heterocycles. The van der Waals surface area contributed by atoms with Crippen molar-refractivity contribution < 1.29 is 48.3 Å². The monoisotopic (exact) mass is 689 g/mol. The molecule has 11 nitrogen and oxygen atoms in total. The quantitative estimate of drug-likeness (QED) is 0.367. The fourth-order valence-corrected chi connectivity index (χ4v) is 7.26. The van der Waals surface area contributed by atoms with Crippen LogP contribution in [0.4, 0.5) is 0 Å². The largest absolute Gasteiger partial charge is 0.459 e. The molecule has 1 aromatic carbocycles. The minimum absolute atomic E-state index is 0.174. The maximum Gasteiger partial charge on any atom is 0.338 e. The second-order valence-electron chi connectivity index (χ2n) is 14.6. The standard InChI is InChI=1S/C38H59NO10/c1-12-26-21-37(7,44)29(13-2)47-34(42)25(6)31(41)24(5)33(38(8,45-11)20-22(3)30(26)40)49-36-32(28(39(9)10)19-23(4)46-36)48-35(43)27-17-15-14-16-18-27/h14-18,21-25,28-29,31-33,36,41,44H,12-13,19-20H2,1-11H3/t22-,23-,24+,25-,28+,29-,31+,32-,33-,36?,37+,38+/m1/s1. The molecule has 11 heteroatoms. The predicted octanol–water partition coefficient (Wildman–Crippen LogP) is 4.72. The zero-order valence-corrected chi connectivity index (χ0v) is 31.2. The van der Waals surface area contributed by atoms with Crippen molar-refractivity contribution in [1.82, 2.24) is 4.90 Å². The molecular weight excluding hydrogens is 630 g/mol. The SMILES string of the molecule is CCC1=C[C@](C)(O)[C@@H](CC)OC(=O)[C@H](C)[C@@H](O)[C@H](C)[C@@H](OC2O[C@H](C)C[C@H](N(C)C)[C@H]2OC(=O)c2ccccc2)[C@@](C)(OC)C[C@@H](C)C1=O. The summed E-state index contributed by atoms with van der Waals surface area (Å²) in [6, 6.07) is 8.40. The summed E-state index contributed by atoms with van der Waals surface area (Å²) < 4.78 is 31.3. The van der Waals surface area contributed by atoms with E-state index < -0.39 is 71.6 Å². The van der Waals surface area contributed by atoms with Gasteiger partial charge in [0.1, 0.15) is 11.7 Å². The number of rotatable bonds is 8. The van der Waals surface area contributed by atoms with E-state index in [2.05, 4.69) is 0 Å². The number of aliphatic hydroxyl groups excluding tert-OH is 1. The Balaban J connectivity index is 2.14. The van der Waals surface area contributed by atoms with Gasteiger partial charge in [0.15, 0.2) is 18.2 Å². The minimum atomic E-state index is -1.62. The number of hydrogen-bond donors (Lipinski definition) is 2. The molecule has 0 spiro atoms. The van der Waals surface area contributed by atoms with Crippen LogP contribution in [0.5, 0.6) is 0 Å². The van der Waals surface area contributed by atoms with E-state index in [0.717, 1.165) is 0 Å². The lowest BCUT2D eigenvalue weighted by Crippen LogP contribution is -2.60. The number of aliphatic hydroxyl groups is 2. The van der Waals surface area contributed by atoms with Crippen molar-refractivity contribution in [2.45, 2.75) is 135 Å². The van der Waals surface area contributed by atoms with Crippen molar-refractivity contribution >= 4 is 17.7 Å². The summed E-state index contributed by atoms with van der Waals surface area (Å²) in [6.45, 7) is 14.0. The molecule has 0 bridgehead atoms. The summed E-state index contributed by atoms with van der Waals surface area (Å²) in [5.74, 6) is -3.79. The fourth-order valence-electron chi connectivity index (χ4n) is 7.26. The van der Waals surface area contributed by atoms with Crippen LogP contribution in [0.15, 0.2) is 42.0 Å². The molecule has 2 aliphatic rings. The lowest BCUT2D eigenvalue weighted by Gasteiger charge is -2.48. The molecule has 276 valence electrons. The highest BCUT2D eigenvalue weighted by Crippen LogP contribution is 2.39. The Labute approximate surface area is 292 Å². The molecule has 12 atom stereocenters. The van der Waals surface area contributed by atoms with E-state index in [4.69, 9.17) is 23.7 Å². The van der Waals surface area contributed by atoms with Gasteiger partial charge in [-0.25, -0.2) is 4.79 Å². The van der Waals surface area contributed by atoms with Gasteiger partial charge in [-0.15, -0.1) is 0 Å². The second kappa shape index (κ2) is 17.0. The van der Waals surface area contributed by atoms with Crippen LogP contribution in [0.2, 0.25) is 0 Å². The minimum Gasteiger partial charge on any atom is -0.459 e. The number of ether oxygens (including phenoxy) is 5. The molecule has 3 rings (SSSR count). The van der Waals surface area contributed by atoms with Gasteiger partial charge in [-0.3, -0.25) is 9.59 Å². The van der Waals surface area contributed by atoms with Gasteiger partial charge in [0, 0.05) is 18.9 Å². The predicted molar refractivity (Wildman–Crippen MR) is 185 cm³/mol. The van der Waals surface area contributed by atoms with Gasteiger partial charge in [0.2, 0.25) is 0 Å². The molecule has 0 amide bonds. The molecule has 2 N–H and O–H groups in total. The first-order valence-electron chi connectivity index (χ1n) is 17.6. The Bertz CT molecular complexity index is 1300. The maximum absolute atomic E-state index is 13.9. The molecule has 49 heavy (non-hydrogen) atoms. The number of hydrogen-bond acceptors (Lipinski definition) is 11. The van der Waals surface area contributed by atoms with Gasteiger partial charge in [-0.05, 0) is 91.3 Å². The van der Waals surface area contributed by atoms with Crippen LogP contribution in [-0.2, 0) is 33.3 Å². The first-order chi connectivity index (χ1) is 22.9. The van der Waals surface area contributed by atoms with Crippen molar-refractivity contribution in [1.29, 1.82) is 0 Å². The number of benzene rings is 1. The van der Waals surface area contributed by atoms with E-state index in [-0.39, 0.29) is 30.8 Å². The maximum atomic E-state index is 13.9. The molecule has 1 unspecified atom stereocenters. The molecular formula is C38H59NO10. The van der Waals surface area contributed by atoms with Crippen molar-refractivity contribution in [2.75, 3.05) is 21.2 Å². The fraction of sp³-hybridized carbons (Fsp3) is 0.711. The Morgan fingerprint density at radius 3 is 2.24 bits per heavy atom. The Hall–Kier alpha value is -2.67. The number of methoxy groups -OCH3 is 1. The van der Waals surface area contributed by atoms with Crippen molar-refractivity contribution in [3.8, 4) is 0 Å². The molecule has 2 aliphatic heterocycles. The van der Waals surface area contributed by atoms with Gasteiger partial charge in [-0.2, -0.15) is 0 Å². The second-order valence-corrected chi connectivity index (χ2v) is 14.6. The highest BCUT2D eigenvalue weighted by Gasteiger charge is 2.51. The van der Waals surface area contributed by atoms with E-state index in [1.165, 1.54) is 20.1 Å². The topological polar surface area (TPSA) is 141 Å². The van der Waals surface area contributed by atoms with Crippen molar-refractivity contribution in [3.63, 3.8) is 0 Å². The van der Waals surface area contributed by atoms with Gasteiger partial charge in [-0.1, -0.05) is 45.9 Å². The van der Waals surface area contributed by atoms with Gasteiger partial charge in [0.05, 0.1) is 41.4 Å². The van der Waals surface area contributed by atoms with Crippen LogP contribution in [0.1, 0.15) is 91.4 Å². The molecule has 0 saturated carbocycles. The number of allylic oxidation sites excluding steroid dienone is 1. The number of carbonyl (C=O) groups excluding carboxylic acids is 3. The molecule has 1 fully saturated rings. The number of nitrogens with zero attached hydrogens (tertiary/aromatic N) is 1. The zero-order valence-electron chi connectivity index (χ0n) is 31.2.